The van der Waals surface area contributed by atoms with Crippen LogP contribution in [0.2, 0.25) is 0 Å². The predicted molar refractivity (Wildman–Crippen MR) is 76.6 cm³/mol. The van der Waals surface area contributed by atoms with Crippen molar-refractivity contribution < 1.29 is 14.6 Å². The number of nitrogens with zero attached hydrogens (tertiary/aromatic N) is 3. The number of aromatic nitrogens is 3. The van der Waals surface area contributed by atoms with Gasteiger partial charge in [0, 0.05) is 42.1 Å². The van der Waals surface area contributed by atoms with E-state index in [4.69, 9.17) is 9.84 Å². The molecule has 0 spiro atoms. The van der Waals surface area contributed by atoms with Gasteiger partial charge in [-0.3, -0.25) is 4.79 Å². The van der Waals surface area contributed by atoms with E-state index in [1.54, 1.807) is 4.52 Å². The molecule has 0 aromatic carbocycles. The third kappa shape index (κ3) is 2.63. The van der Waals surface area contributed by atoms with Crippen LogP contribution in [0.4, 0.5) is 0 Å². The fourth-order valence-corrected chi connectivity index (χ4v) is 2.94. The van der Waals surface area contributed by atoms with Crippen molar-refractivity contribution in [3.63, 3.8) is 0 Å². The van der Waals surface area contributed by atoms with Crippen molar-refractivity contribution in [1.29, 1.82) is 0 Å². The molecule has 0 radical (unpaired) electrons. The van der Waals surface area contributed by atoms with Crippen molar-refractivity contribution in [2.45, 2.75) is 39.0 Å². The van der Waals surface area contributed by atoms with Crippen molar-refractivity contribution in [2.24, 2.45) is 0 Å². The van der Waals surface area contributed by atoms with E-state index in [1.165, 1.54) is 0 Å². The lowest BCUT2D eigenvalue weighted by Crippen LogP contribution is -2.14. The van der Waals surface area contributed by atoms with E-state index in [9.17, 15) is 4.79 Å². The zero-order chi connectivity index (χ0) is 15.0. The molecule has 112 valence electrons. The number of carboxylic acid groups (broad SMARTS) is 1. The molecule has 1 aliphatic rings. The molecule has 3 heterocycles. The van der Waals surface area contributed by atoms with E-state index >= 15 is 0 Å². The Hall–Kier alpha value is -1.95. The van der Waals surface area contributed by atoms with Gasteiger partial charge in [-0.15, -0.1) is 0 Å². The molecule has 0 bridgehead atoms. The van der Waals surface area contributed by atoms with Gasteiger partial charge in [0.15, 0.2) is 5.65 Å². The highest BCUT2D eigenvalue weighted by atomic mass is 16.5. The minimum Gasteiger partial charge on any atom is -0.481 e. The van der Waals surface area contributed by atoms with Crippen molar-refractivity contribution in [3.05, 3.63) is 28.7 Å². The Bertz CT molecular complexity index is 687. The van der Waals surface area contributed by atoms with Crippen LogP contribution in [0.5, 0.6) is 0 Å². The monoisotopic (exact) mass is 289 g/mol. The zero-order valence-corrected chi connectivity index (χ0v) is 12.3. The lowest BCUT2D eigenvalue weighted by Gasteiger charge is -2.19. The highest BCUT2D eigenvalue weighted by Gasteiger charge is 2.21. The van der Waals surface area contributed by atoms with E-state index in [0.717, 1.165) is 54.3 Å². The number of hydrogen-bond acceptors (Lipinski definition) is 4. The van der Waals surface area contributed by atoms with Crippen molar-refractivity contribution >= 4 is 11.6 Å². The van der Waals surface area contributed by atoms with Gasteiger partial charge in [-0.1, -0.05) is 0 Å². The Balaban J connectivity index is 2.04. The lowest BCUT2D eigenvalue weighted by molar-refractivity contribution is -0.136. The molecule has 0 unspecified atom stereocenters. The van der Waals surface area contributed by atoms with E-state index in [-0.39, 0.29) is 6.42 Å². The second kappa shape index (κ2) is 5.44. The van der Waals surface area contributed by atoms with Gasteiger partial charge in [0.2, 0.25) is 0 Å². The highest BCUT2D eigenvalue weighted by molar-refractivity contribution is 5.71. The van der Waals surface area contributed by atoms with Gasteiger partial charge in [-0.2, -0.15) is 5.10 Å². The van der Waals surface area contributed by atoms with Crippen molar-refractivity contribution in [2.75, 3.05) is 13.2 Å². The van der Waals surface area contributed by atoms with E-state index in [2.05, 4.69) is 10.1 Å². The second-order valence-corrected chi connectivity index (χ2v) is 5.56. The smallest absolute Gasteiger partial charge is 0.307 e. The van der Waals surface area contributed by atoms with Crippen LogP contribution in [0.3, 0.4) is 0 Å². The minimum absolute atomic E-state index is 0.0208. The molecular formula is C15H19N3O3. The zero-order valence-electron chi connectivity index (χ0n) is 12.3. The molecule has 0 saturated carbocycles. The summed E-state index contributed by atoms with van der Waals surface area (Å²) in [7, 11) is 0. The average molecular weight is 289 g/mol. The first-order chi connectivity index (χ1) is 10.1. The van der Waals surface area contributed by atoms with E-state index in [1.807, 2.05) is 19.9 Å². The van der Waals surface area contributed by atoms with E-state index < -0.39 is 5.97 Å². The number of carboxylic acids is 1. The molecule has 0 amide bonds. The molecule has 21 heavy (non-hydrogen) atoms. The maximum atomic E-state index is 11.0. The van der Waals surface area contributed by atoms with Crippen LogP contribution in [0.25, 0.3) is 5.65 Å². The summed E-state index contributed by atoms with van der Waals surface area (Å²) in [6, 6.07) is 2.01. The first-order valence-electron chi connectivity index (χ1n) is 7.21. The molecule has 0 aliphatic carbocycles. The molecule has 2 aromatic rings. The third-order valence-corrected chi connectivity index (χ3v) is 4.15. The summed E-state index contributed by atoms with van der Waals surface area (Å²) in [5, 5.41) is 13.7. The van der Waals surface area contributed by atoms with Gasteiger partial charge in [0.1, 0.15) is 0 Å². The largest absolute Gasteiger partial charge is 0.481 e. The Labute approximate surface area is 122 Å². The molecule has 3 rings (SSSR count). The molecule has 1 N–H and O–H groups in total. The third-order valence-electron chi connectivity index (χ3n) is 4.15. The summed E-state index contributed by atoms with van der Waals surface area (Å²) in [6.45, 7) is 5.30. The molecule has 1 saturated heterocycles. The number of fused-ring (bicyclic) bond motifs is 1. The minimum atomic E-state index is -0.848. The van der Waals surface area contributed by atoms with Gasteiger partial charge >= 0.3 is 5.97 Å². The Morgan fingerprint density at radius 2 is 2.14 bits per heavy atom. The Kier molecular flexibility index (Phi) is 3.63. The number of aryl methyl sites for hydroxylation is 2. The lowest BCUT2D eigenvalue weighted by atomic mass is 9.97. The van der Waals surface area contributed by atoms with Crippen LogP contribution >= 0.6 is 0 Å². The summed E-state index contributed by atoms with van der Waals surface area (Å²) in [5.41, 5.74) is 4.19. The van der Waals surface area contributed by atoms with Crippen LogP contribution in [-0.4, -0.2) is 38.9 Å². The maximum Gasteiger partial charge on any atom is 0.307 e. The number of hydrogen-bond donors (Lipinski definition) is 1. The fraction of sp³-hybridized carbons (Fsp3) is 0.533. The SMILES string of the molecule is Cc1nc2cc(C3CCOCC3)nn2c(C)c1CC(=O)O. The Morgan fingerprint density at radius 1 is 1.43 bits per heavy atom. The number of carbonyl (C=O) groups is 1. The van der Waals surface area contributed by atoms with E-state index in [0.29, 0.717) is 5.92 Å². The van der Waals surface area contributed by atoms with Crippen molar-refractivity contribution in [3.8, 4) is 0 Å². The summed E-state index contributed by atoms with van der Waals surface area (Å²) in [4.78, 5) is 15.5. The van der Waals surface area contributed by atoms with Gasteiger partial charge in [-0.25, -0.2) is 9.50 Å². The Morgan fingerprint density at radius 3 is 2.81 bits per heavy atom. The van der Waals surface area contributed by atoms with Crippen molar-refractivity contribution in [1.82, 2.24) is 14.6 Å². The first-order valence-corrected chi connectivity index (χ1v) is 7.21. The maximum absolute atomic E-state index is 11.0. The van der Waals surface area contributed by atoms with Crippen LogP contribution in [0.1, 0.15) is 41.4 Å². The molecule has 0 atom stereocenters. The molecule has 1 fully saturated rings. The molecule has 6 heteroatoms. The number of rotatable bonds is 3. The van der Waals surface area contributed by atoms with Gasteiger partial charge in [0.05, 0.1) is 12.1 Å². The quantitative estimate of drug-likeness (QED) is 0.933. The van der Waals surface area contributed by atoms with Crippen LogP contribution in [0.15, 0.2) is 6.07 Å². The predicted octanol–water partition coefficient (Wildman–Crippen LogP) is 1.87. The van der Waals surface area contributed by atoms with Gasteiger partial charge in [-0.05, 0) is 26.7 Å². The first kappa shape index (κ1) is 14.0. The van der Waals surface area contributed by atoms with Gasteiger partial charge < -0.3 is 9.84 Å². The second-order valence-electron chi connectivity index (χ2n) is 5.56. The average Bonchev–Trinajstić information content (AvgIpc) is 2.88. The summed E-state index contributed by atoms with van der Waals surface area (Å²) < 4.78 is 7.16. The topological polar surface area (TPSA) is 76.7 Å². The van der Waals surface area contributed by atoms with Crippen LogP contribution in [-0.2, 0) is 16.0 Å². The number of aliphatic carboxylic acids is 1. The fourth-order valence-electron chi connectivity index (χ4n) is 2.94. The summed E-state index contributed by atoms with van der Waals surface area (Å²) in [6.07, 6.45) is 1.93. The van der Waals surface area contributed by atoms with Crippen LogP contribution in [0, 0.1) is 13.8 Å². The summed E-state index contributed by atoms with van der Waals surface area (Å²) >= 11 is 0. The summed E-state index contributed by atoms with van der Waals surface area (Å²) in [5.74, 6) is -0.442. The molecule has 6 nitrogen and oxygen atoms in total. The molecule has 2 aromatic heterocycles. The number of ether oxygens (including phenoxy) is 1. The molecule has 1 aliphatic heterocycles. The standard InChI is InChI=1S/C15H19N3O3/c1-9-12(7-15(19)20)10(2)18-14(16-9)8-13(17-18)11-3-5-21-6-4-11/h8,11H,3-7H2,1-2H3,(H,19,20). The highest BCUT2D eigenvalue weighted by Crippen LogP contribution is 2.27. The van der Waals surface area contributed by atoms with Crippen LogP contribution < -0.4 is 0 Å². The van der Waals surface area contributed by atoms with Gasteiger partial charge in [0.25, 0.3) is 0 Å². The molecular weight excluding hydrogens is 270 g/mol. The normalized spacial score (nSPS) is 16.5.